The van der Waals surface area contributed by atoms with Crippen LogP contribution in [0.4, 0.5) is 0 Å². The Hall–Kier alpha value is -1.22. The van der Waals surface area contributed by atoms with Crippen molar-refractivity contribution in [3.8, 4) is 0 Å². The first-order chi connectivity index (χ1) is 11.5. The molecule has 24 heavy (non-hydrogen) atoms. The normalized spacial score (nSPS) is 16.2. The summed E-state index contributed by atoms with van der Waals surface area (Å²) in [7, 11) is -3.59. The smallest absolute Gasteiger partial charge is 0.263 e. The molecule has 5 nitrogen and oxygen atoms in total. The zero-order chi connectivity index (χ0) is 17.2. The van der Waals surface area contributed by atoms with Crippen molar-refractivity contribution in [3.63, 3.8) is 0 Å². The van der Waals surface area contributed by atoms with Crippen LogP contribution in [0.5, 0.6) is 0 Å². The Morgan fingerprint density at radius 2 is 1.88 bits per heavy atom. The Bertz CT molecular complexity index is 817. The number of amides is 1. The zero-order valence-corrected chi connectivity index (χ0v) is 15.9. The summed E-state index contributed by atoms with van der Waals surface area (Å²) in [4.78, 5) is 14.0. The third kappa shape index (κ3) is 3.56. The van der Waals surface area contributed by atoms with Gasteiger partial charge in [-0.2, -0.15) is 4.31 Å². The topological polar surface area (TPSA) is 66.5 Å². The second-order valence-corrected chi connectivity index (χ2v) is 9.61. The predicted molar refractivity (Wildman–Crippen MR) is 97.2 cm³/mol. The van der Waals surface area contributed by atoms with Gasteiger partial charge in [-0.3, -0.25) is 4.79 Å². The largest absolute Gasteiger partial charge is 0.346 e. The van der Waals surface area contributed by atoms with Gasteiger partial charge in [-0.1, -0.05) is 6.42 Å². The molecule has 3 heterocycles. The van der Waals surface area contributed by atoms with Crippen LogP contribution in [-0.4, -0.2) is 31.7 Å². The molecule has 1 fully saturated rings. The highest BCUT2D eigenvalue weighted by Crippen LogP contribution is 2.27. The number of piperidine rings is 1. The van der Waals surface area contributed by atoms with E-state index in [0.717, 1.165) is 29.7 Å². The van der Waals surface area contributed by atoms with E-state index in [1.165, 1.54) is 15.6 Å². The number of hydrogen-bond donors (Lipinski definition) is 1. The van der Waals surface area contributed by atoms with Gasteiger partial charge in [0.2, 0.25) is 10.0 Å². The number of sulfonamides is 1. The van der Waals surface area contributed by atoms with E-state index in [2.05, 4.69) is 5.32 Å². The van der Waals surface area contributed by atoms with Gasteiger partial charge >= 0.3 is 0 Å². The van der Waals surface area contributed by atoms with Crippen LogP contribution in [0.25, 0.3) is 0 Å². The van der Waals surface area contributed by atoms with E-state index < -0.39 is 10.0 Å². The lowest BCUT2D eigenvalue weighted by atomic mass is 10.2. The first kappa shape index (κ1) is 17.6. The summed E-state index contributed by atoms with van der Waals surface area (Å²) in [6.45, 7) is 3.49. The summed E-state index contributed by atoms with van der Waals surface area (Å²) in [5.41, 5.74) is 1.13. The zero-order valence-electron chi connectivity index (χ0n) is 13.4. The molecule has 0 aliphatic carbocycles. The second kappa shape index (κ2) is 7.35. The molecule has 1 aliphatic rings. The van der Waals surface area contributed by atoms with Crippen molar-refractivity contribution in [2.75, 3.05) is 13.1 Å². The van der Waals surface area contributed by atoms with Gasteiger partial charge in [0.1, 0.15) is 9.77 Å². The van der Waals surface area contributed by atoms with Crippen LogP contribution in [0.1, 0.15) is 39.4 Å². The van der Waals surface area contributed by atoms with Crippen molar-refractivity contribution in [1.82, 2.24) is 9.62 Å². The van der Waals surface area contributed by atoms with E-state index in [1.54, 1.807) is 22.8 Å². The molecule has 2 aromatic rings. The maximum absolute atomic E-state index is 12.8. The van der Waals surface area contributed by atoms with Crippen LogP contribution < -0.4 is 5.32 Å². The minimum atomic E-state index is -3.59. The predicted octanol–water partition coefficient (Wildman–Crippen LogP) is 3.22. The van der Waals surface area contributed by atoms with Gasteiger partial charge in [0, 0.05) is 18.0 Å². The highest BCUT2D eigenvalue weighted by Gasteiger charge is 2.30. The number of hydrogen-bond acceptors (Lipinski definition) is 5. The minimum absolute atomic E-state index is 0.134. The molecule has 0 saturated carbocycles. The van der Waals surface area contributed by atoms with Gasteiger partial charge in [-0.25, -0.2) is 8.42 Å². The van der Waals surface area contributed by atoms with Gasteiger partial charge in [0.05, 0.1) is 6.54 Å². The standard InChI is InChI=1S/C16H20N2O3S3/c1-12-5-9-22-13(12)11-17-16(19)15-14(6-10-23-15)24(20,21)18-7-3-2-4-8-18/h5-6,9-10H,2-4,7-8,11H2,1H3,(H,17,19). The number of aryl methyl sites for hydroxylation is 1. The van der Waals surface area contributed by atoms with Gasteiger partial charge in [0.15, 0.2) is 0 Å². The highest BCUT2D eigenvalue weighted by atomic mass is 32.2. The number of thiophene rings is 2. The molecule has 0 bridgehead atoms. The SMILES string of the molecule is Cc1ccsc1CNC(=O)c1sccc1S(=O)(=O)N1CCCCC1. The quantitative estimate of drug-likeness (QED) is 0.861. The molecular weight excluding hydrogens is 364 g/mol. The minimum Gasteiger partial charge on any atom is -0.346 e. The lowest BCUT2D eigenvalue weighted by molar-refractivity contribution is 0.0952. The molecule has 2 aromatic heterocycles. The fourth-order valence-corrected chi connectivity index (χ4v) is 6.42. The van der Waals surface area contributed by atoms with E-state index in [1.807, 2.05) is 18.4 Å². The van der Waals surface area contributed by atoms with Crippen LogP contribution in [-0.2, 0) is 16.6 Å². The molecule has 3 rings (SSSR count). The number of rotatable bonds is 5. The van der Waals surface area contributed by atoms with E-state index in [-0.39, 0.29) is 15.7 Å². The van der Waals surface area contributed by atoms with Gasteiger partial charge in [0.25, 0.3) is 5.91 Å². The third-order valence-corrected chi connectivity index (χ3v) is 8.15. The average molecular weight is 385 g/mol. The highest BCUT2D eigenvalue weighted by molar-refractivity contribution is 7.89. The molecule has 0 aromatic carbocycles. The Kier molecular flexibility index (Phi) is 5.39. The number of nitrogens with one attached hydrogen (secondary N) is 1. The summed E-state index contributed by atoms with van der Waals surface area (Å²) in [6, 6.07) is 3.55. The average Bonchev–Trinajstić information content (AvgIpc) is 3.23. The van der Waals surface area contributed by atoms with Gasteiger partial charge in [-0.05, 0) is 48.2 Å². The van der Waals surface area contributed by atoms with Crippen molar-refractivity contribution in [2.24, 2.45) is 0 Å². The molecule has 1 N–H and O–H groups in total. The van der Waals surface area contributed by atoms with Crippen molar-refractivity contribution in [3.05, 3.63) is 38.2 Å². The number of carbonyl (C=O) groups is 1. The molecule has 1 saturated heterocycles. The van der Waals surface area contributed by atoms with Crippen molar-refractivity contribution in [2.45, 2.75) is 37.6 Å². The monoisotopic (exact) mass is 384 g/mol. The lowest BCUT2D eigenvalue weighted by Gasteiger charge is -2.25. The fraction of sp³-hybridized carbons (Fsp3) is 0.438. The second-order valence-electron chi connectivity index (χ2n) is 5.79. The summed E-state index contributed by atoms with van der Waals surface area (Å²) in [5.74, 6) is -0.326. The van der Waals surface area contributed by atoms with Crippen molar-refractivity contribution >= 4 is 38.6 Å². The maximum Gasteiger partial charge on any atom is 0.263 e. The van der Waals surface area contributed by atoms with E-state index in [4.69, 9.17) is 0 Å². The van der Waals surface area contributed by atoms with E-state index in [0.29, 0.717) is 19.6 Å². The van der Waals surface area contributed by atoms with Crippen LogP contribution in [0.15, 0.2) is 27.8 Å². The third-order valence-electron chi connectivity index (χ3n) is 4.15. The maximum atomic E-state index is 12.8. The van der Waals surface area contributed by atoms with Gasteiger partial charge < -0.3 is 5.32 Å². The first-order valence-corrected chi connectivity index (χ1v) is 11.1. The molecule has 0 radical (unpaired) electrons. The summed E-state index contributed by atoms with van der Waals surface area (Å²) >= 11 is 2.76. The first-order valence-electron chi connectivity index (χ1n) is 7.89. The molecule has 0 atom stereocenters. The van der Waals surface area contributed by atoms with Crippen LogP contribution in [0.3, 0.4) is 0 Å². The molecule has 8 heteroatoms. The molecule has 0 unspecified atom stereocenters. The summed E-state index contributed by atoms with van der Waals surface area (Å²) in [6.07, 6.45) is 2.81. The Morgan fingerprint density at radius 1 is 1.17 bits per heavy atom. The molecule has 1 amide bonds. The number of carbonyl (C=O) groups excluding carboxylic acids is 1. The fourth-order valence-electron chi connectivity index (χ4n) is 2.74. The van der Waals surface area contributed by atoms with Crippen molar-refractivity contribution < 1.29 is 13.2 Å². The van der Waals surface area contributed by atoms with E-state index >= 15 is 0 Å². The Morgan fingerprint density at radius 3 is 2.54 bits per heavy atom. The summed E-state index contributed by atoms with van der Waals surface area (Å²) in [5, 5.41) is 6.49. The van der Waals surface area contributed by atoms with Crippen LogP contribution in [0, 0.1) is 6.92 Å². The molecule has 0 spiro atoms. The molecular formula is C16H20N2O3S3. The van der Waals surface area contributed by atoms with E-state index in [9.17, 15) is 13.2 Å². The lowest BCUT2D eigenvalue weighted by Crippen LogP contribution is -2.36. The van der Waals surface area contributed by atoms with Gasteiger partial charge in [-0.15, -0.1) is 22.7 Å². The van der Waals surface area contributed by atoms with Crippen LogP contribution in [0.2, 0.25) is 0 Å². The van der Waals surface area contributed by atoms with Crippen LogP contribution >= 0.6 is 22.7 Å². The number of nitrogens with zero attached hydrogens (tertiary/aromatic N) is 1. The Balaban J connectivity index is 1.76. The molecule has 1 aliphatic heterocycles. The Labute approximate surface area is 150 Å². The summed E-state index contributed by atoms with van der Waals surface area (Å²) < 4.78 is 27.1. The molecule has 130 valence electrons. The van der Waals surface area contributed by atoms with Crippen molar-refractivity contribution in [1.29, 1.82) is 0 Å².